The summed E-state index contributed by atoms with van der Waals surface area (Å²) in [7, 11) is 0. The van der Waals surface area contributed by atoms with Crippen molar-refractivity contribution in [2.24, 2.45) is 0 Å². The van der Waals surface area contributed by atoms with Crippen molar-refractivity contribution in [2.45, 2.75) is 25.3 Å². The highest BCUT2D eigenvalue weighted by molar-refractivity contribution is 5.64. The van der Waals surface area contributed by atoms with Gasteiger partial charge in [0.2, 0.25) is 5.82 Å². The summed E-state index contributed by atoms with van der Waals surface area (Å²) in [6.07, 6.45) is 4.53. The molecule has 0 radical (unpaired) electrons. The normalized spacial score (nSPS) is 14.9. The second-order valence-electron chi connectivity index (χ2n) is 3.70. The van der Waals surface area contributed by atoms with Crippen LogP contribution in [0.5, 0.6) is 0 Å². The molecule has 0 atom stereocenters. The first-order valence-electron chi connectivity index (χ1n) is 5.02. The first-order valence-corrected chi connectivity index (χ1v) is 5.02. The van der Waals surface area contributed by atoms with Gasteiger partial charge in [-0.25, -0.2) is 4.98 Å². The Morgan fingerprint density at radius 2 is 2.38 bits per heavy atom. The van der Waals surface area contributed by atoms with Gasteiger partial charge in [-0.2, -0.15) is 5.26 Å². The molecule has 1 heterocycles. The van der Waals surface area contributed by atoms with Gasteiger partial charge in [0, 0.05) is 12.2 Å². The molecule has 1 saturated carbocycles. The Hall–Kier alpha value is -2.16. The fourth-order valence-corrected chi connectivity index (χ4v) is 1.58. The average molecular weight is 218 g/mol. The number of aromatic nitrogens is 1. The zero-order valence-corrected chi connectivity index (χ0v) is 8.51. The molecule has 0 amide bonds. The standard InChI is InChI=1S/C10H10N4O2/c11-6-7-4-5-12-10(9(7)14(15)16)13-8-2-1-3-8/h4-5,8H,1-3H2,(H,12,13). The van der Waals surface area contributed by atoms with Crippen molar-refractivity contribution in [1.82, 2.24) is 4.98 Å². The fourth-order valence-electron chi connectivity index (χ4n) is 1.58. The van der Waals surface area contributed by atoms with Crippen LogP contribution in [0.2, 0.25) is 0 Å². The molecular formula is C10H10N4O2. The van der Waals surface area contributed by atoms with Crippen molar-refractivity contribution < 1.29 is 4.92 Å². The quantitative estimate of drug-likeness (QED) is 0.617. The Morgan fingerprint density at radius 1 is 1.62 bits per heavy atom. The molecule has 0 unspecified atom stereocenters. The Balaban J connectivity index is 2.35. The van der Waals surface area contributed by atoms with Crippen LogP contribution in [0, 0.1) is 21.4 Å². The highest BCUT2D eigenvalue weighted by Gasteiger charge is 2.25. The topological polar surface area (TPSA) is 91.8 Å². The number of hydrogen-bond acceptors (Lipinski definition) is 5. The predicted octanol–water partition coefficient (Wildman–Crippen LogP) is 1.83. The van der Waals surface area contributed by atoms with Gasteiger partial charge in [0.1, 0.15) is 11.6 Å². The van der Waals surface area contributed by atoms with Gasteiger partial charge < -0.3 is 5.32 Å². The van der Waals surface area contributed by atoms with Crippen molar-refractivity contribution in [3.63, 3.8) is 0 Å². The second kappa shape index (κ2) is 4.14. The van der Waals surface area contributed by atoms with Crippen LogP contribution in [0.15, 0.2) is 12.3 Å². The largest absolute Gasteiger partial charge is 0.362 e. The van der Waals surface area contributed by atoms with Crippen molar-refractivity contribution in [2.75, 3.05) is 5.32 Å². The van der Waals surface area contributed by atoms with Crippen molar-refractivity contribution >= 4 is 11.5 Å². The van der Waals surface area contributed by atoms with Crippen LogP contribution in [0.1, 0.15) is 24.8 Å². The fraction of sp³-hybridized carbons (Fsp3) is 0.400. The third-order valence-electron chi connectivity index (χ3n) is 2.67. The van der Waals surface area contributed by atoms with Crippen LogP contribution in [0.25, 0.3) is 0 Å². The Kier molecular flexibility index (Phi) is 2.68. The smallest absolute Gasteiger partial charge is 0.328 e. The van der Waals surface area contributed by atoms with Gasteiger partial charge in [0.15, 0.2) is 0 Å². The minimum absolute atomic E-state index is 0.0434. The van der Waals surface area contributed by atoms with Crippen LogP contribution in [-0.2, 0) is 0 Å². The SMILES string of the molecule is N#Cc1ccnc(NC2CCC2)c1[N+](=O)[O-]. The van der Waals surface area contributed by atoms with Gasteiger partial charge >= 0.3 is 5.69 Å². The van der Waals surface area contributed by atoms with E-state index >= 15 is 0 Å². The lowest BCUT2D eigenvalue weighted by Crippen LogP contribution is -2.28. The van der Waals surface area contributed by atoms with Crippen LogP contribution < -0.4 is 5.32 Å². The number of rotatable bonds is 3. The summed E-state index contributed by atoms with van der Waals surface area (Å²) in [5.41, 5.74) is -0.182. The van der Waals surface area contributed by atoms with E-state index in [9.17, 15) is 10.1 Å². The number of pyridine rings is 1. The average Bonchev–Trinajstić information content (AvgIpc) is 2.22. The number of nitriles is 1. The monoisotopic (exact) mass is 218 g/mol. The molecule has 82 valence electrons. The van der Waals surface area contributed by atoms with E-state index in [4.69, 9.17) is 5.26 Å². The van der Waals surface area contributed by atoms with Crippen molar-refractivity contribution in [3.05, 3.63) is 27.9 Å². The Bertz CT molecular complexity index is 462. The lowest BCUT2D eigenvalue weighted by atomic mass is 9.93. The third kappa shape index (κ3) is 1.80. The molecule has 1 aliphatic carbocycles. The minimum atomic E-state index is -0.563. The molecule has 0 bridgehead atoms. The molecule has 0 saturated heterocycles. The summed E-state index contributed by atoms with van der Waals surface area (Å²) < 4.78 is 0. The molecule has 0 aliphatic heterocycles. The third-order valence-corrected chi connectivity index (χ3v) is 2.67. The highest BCUT2D eigenvalue weighted by atomic mass is 16.6. The van der Waals surface area contributed by atoms with E-state index in [1.165, 1.54) is 12.3 Å². The molecule has 6 nitrogen and oxygen atoms in total. The first kappa shape index (κ1) is 10.4. The Labute approximate surface area is 92.1 Å². The van der Waals surface area contributed by atoms with Gasteiger partial charge in [0.05, 0.1) is 4.92 Å². The summed E-state index contributed by atoms with van der Waals surface area (Å²) in [5, 5.41) is 22.6. The van der Waals surface area contributed by atoms with E-state index in [2.05, 4.69) is 10.3 Å². The highest BCUT2D eigenvalue weighted by Crippen LogP contribution is 2.29. The second-order valence-corrected chi connectivity index (χ2v) is 3.70. The van der Waals surface area contributed by atoms with Gasteiger partial charge in [-0.15, -0.1) is 0 Å². The maximum absolute atomic E-state index is 10.9. The summed E-state index contributed by atoms with van der Waals surface area (Å²) in [6, 6.07) is 3.41. The van der Waals surface area contributed by atoms with E-state index in [1.54, 1.807) is 6.07 Å². The van der Waals surface area contributed by atoms with E-state index in [1.807, 2.05) is 0 Å². The molecule has 0 spiro atoms. The minimum Gasteiger partial charge on any atom is -0.362 e. The van der Waals surface area contributed by atoms with E-state index in [0.29, 0.717) is 0 Å². The molecule has 2 rings (SSSR count). The number of nitro groups is 1. The number of anilines is 1. The lowest BCUT2D eigenvalue weighted by Gasteiger charge is -2.26. The molecule has 1 fully saturated rings. The molecule has 6 heteroatoms. The summed E-state index contributed by atoms with van der Waals surface area (Å²) in [5.74, 6) is 0.203. The van der Waals surface area contributed by atoms with Crippen LogP contribution in [0.3, 0.4) is 0 Å². The van der Waals surface area contributed by atoms with E-state index in [-0.39, 0.29) is 23.1 Å². The summed E-state index contributed by atoms with van der Waals surface area (Å²) in [6.45, 7) is 0. The van der Waals surface area contributed by atoms with Crippen LogP contribution in [0.4, 0.5) is 11.5 Å². The van der Waals surface area contributed by atoms with E-state index < -0.39 is 4.92 Å². The van der Waals surface area contributed by atoms with E-state index in [0.717, 1.165) is 19.3 Å². The van der Waals surface area contributed by atoms with Gasteiger partial charge in [0.25, 0.3) is 0 Å². The number of hydrogen-bond donors (Lipinski definition) is 1. The Morgan fingerprint density at radius 3 is 2.88 bits per heavy atom. The molecule has 1 aromatic rings. The zero-order valence-electron chi connectivity index (χ0n) is 8.51. The molecule has 0 aromatic carbocycles. The summed E-state index contributed by atoms with van der Waals surface area (Å²) in [4.78, 5) is 14.2. The summed E-state index contributed by atoms with van der Waals surface area (Å²) >= 11 is 0. The number of nitrogens with one attached hydrogen (secondary N) is 1. The molecule has 1 aromatic heterocycles. The van der Waals surface area contributed by atoms with Crippen molar-refractivity contribution in [3.8, 4) is 6.07 Å². The van der Waals surface area contributed by atoms with Crippen molar-refractivity contribution in [1.29, 1.82) is 5.26 Å². The molecule has 16 heavy (non-hydrogen) atoms. The van der Waals surface area contributed by atoms with Gasteiger partial charge in [-0.3, -0.25) is 10.1 Å². The zero-order chi connectivity index (χ0) is 11.5. The van der Waals surface area contributed by atoms with Crippen LogP contribution in [-0.4, -0.2) is 15.9 Å². The maximum atomic E-state index is 10.9. The van der Waals surface area contributed by atoms with Gasteiger partial charge in [-0.1, -0.05) is 0 Å². The molecular weight excluding hydrogens is 208 g/mol. The maximum Gasteiger partial charge on any atom is 0.328 e. The first-order chi connectivity index (χ1) is 7.72. The van der Waals surface area contributed by atoms with Crippen LogP contribution >= 0.6 is 0 Å². The van der Waals surface area contributed by atoms with Gasteiger partial charge in [-0.05, 0) is 25.3 Å². The molecule has 1 N–H and O–H groups in total. The molecule has 1 aliphatic rings. The lowest BCUT2D eigenvalue weighted by molar-refractivity contribution is -0.384. The number of nitrogens with zero attached hydrogens (tertiary/aromatic N) is 3. The predicted molar refractivity (Wildman–Crippen MR) is 56.9 cm³/mol.